The van der Waals surface area contributed by atoms with Crippen LogP contribution < -0.4 is 10.6 Å². The zero-order valence-electron chi connectivity index (χ0n) is 11.1. The van der Waals surface area contributed by atoms with Gasteiger partial charge in [0, 0.05) is 19.5 Å². The van der Waals surface area contributed by atoms with Crippen molar-refractivity contribution in [2.75, 3.05) is 17.2 Å². The van der Waals surface area contributed by atoms with Crippen LogP contribution in [0.15, 0.2) is 16.7 Å². The first-order valence-electron chi connectivity index (χ1n) is 6.02. The molecule has 106 valence electrons. The molecular formula is C11H14N6O3. The minimum Gasteiger partial charge on any atom is -0.370 e. The van der Waals surface area contributed by atoms with Gasteiger partial charge < -0.3 is 15.2 Å². The largest absolute Gasteiger partial charge is 0.370 e. The SMILES string of the molecule is CCNc1ccc([N+](=O)[O-])c(NCc2noc(C)n2)n1. The number of nitrogens with one attached hydrogen (secondary N) is 2. The lowest BCUT2D eigenvalue weighted by atomic mass is 10.3. The molecule has 0 fully saturated rings. The second-order valence-electron chi connectivity index (χ2n) is 3.93. The highest BCUT2D eigenvalue weighted by atomic mass is 16.6. The van der Waals surface area contributed by atoms with Gasteiger partial charge in [0.05, 0.1) is 11.5 Å². The van der Waals surface area contributed by atoms with Crippen LogP contribution in [0, 0.1) is 17.0 Å². The number of nitro groups is 1. The van der Waals surface area contributed by atoms with Crippen molar-refractivity contribution in [2.45, 2.75) is 20.4 Å². The van der Waals surface area contributed by atoms with E-state index in [0.717, 1.165) is 0 Å². The van der Waals surface area contributed by atoms with Gasteiger partial charge in [0.25, 0.3) is 0 Å². The Morgan fingerprint density at radius 3 is 2.75 bits per heavy atom. The minimum absolute atomic E-state index is 0.105. The standard InChI is InChI=1S/C11H14N6O3/c1-3-12-9-5-4-8(17(18)19)11(15-9)13-6-10-14-7(2)20-16-10/h4-5H,3,6H2,1-2H3,(H2,12,13,15). The molecule has 20 heavy (non-hydrogen) atoms. The molecule has 0 spiro atoms. The quantitative estimate of drug-likeness (QED) is 0.605. The number of anilines is 2. The predicted molar refractivity (Wildman–Crippen MR) is 71.4 cm³/mol. The van der Waals surface area contributed by atoms with Crippen LogP contribution in [0.3, 0.4) is 0 Å². The Morgan fingerprint density at radius 1 is 1.35 bits per heavy atom. The second-order valence-corrected chi connectivity index (χ2v) is 3.93. The number of rotatable bonds is 6. The fourth-order valence-corrected chi connectivity index (χ4v) is 1.58. The summed E-state index contributed by atoms with van der Waals surface area (Å²) in [5.41, 5.74) is -0.105. The molecule has 2 aromatic rings. The predicted octanol–water partition coefficient (Wildman–Crippen LogP) is 1.73. The normalized spacial score (nSPS) is 10.3. The summed E-state index contributed by atoms with van der Waals surface area (Å²) in [6.45, 7) is 4.45. The Morgan fingerprint density at radius 2 is 2.15 bits per heavy atom. The van der Waals surface area contributed by atoms with Crippen LogP contribution in [0.1, 0.15) is 18.6 Å². The van der Waals surface area contributed by atoms with Gasteiger partial charge in [0.1, 0.15) is 5.82 Å². The van der Waals surface area contributed by atoms with Crippen molar-refractivity contribution in [2.24, 2.45) is 0 Å². The van der Waals surface area contributed by atoms with E-state index in [0.29, 0.717) is 24.1 Å². The fourth-order valence-electron chi connectivity index (χ4n) is 1.58. The molecule has 0 radical (unpaired) electrons. The molecule has 0 bridgehead atoms. The van der Waals surface area contributed by atoms with Crippen LogP contribution in [-0.2, 0) is 6.54 Å². The molecule has 2 rings (SSSR count). The average Bonchev–Trinajstić information content (AvgIpc) is 2.82. The maximum Gasteiger partial charge on any atom is 0.311 e. The van der Waals surface area contributed by atoms with E-state index in [-0.39, 0.29) is 18.1 Å². The summed E-state index contributed by atoms with van der Waals surface area (Å²) in [4.78, 5) is 18.6. The summed E-state index contributed by atoms with van der Waals surface area (Å²) in [5.74, 6) is 1.57. The van der Waals surface area contributed by atoms with Crippen LogP contribution in [0.2, 0.25) is 0 Å². The molecule has 9 nitrogen and oxygen atoms in total. The lowest BCUT2D eigenvalue weighted by Gasteiger charge is -2.07. The van der Waals surface area contributed by atoms with Gasteiger partial charge in [0.2, 0.25) is 11.7 Å². The molecule has 0 aliphatic carbocycles. The summed E-state index contributed by atoms with van der Waals surface area (Å²) in [6, 6.07) is 2.96. The van der Waals surface area contributed by atoms with Crippen LogP contribution in [-0.4, -0.2) is 26.6 Å². The molecule has 0 aliphatic rings. The van der Waals surface area contributed by atoms with Crippen molar-refractivity contribution in [1.82, 2.24) is 15.1 Å². The van der Waals surface area contributed by atoms with E-state index in [1.165, 1.54) is 6.07 Å². The van der Waals surface area contributed by atoms with Gasteiger partial charge in [-0.05, 0) is 13.0 Å². The number of aryl methyl sites for hydroxylation is 1. The van der Waals surface area contributed by atoms with Gasteiger partial charge in [-0.1, -0.05) is 5.16 Å². The van der Waals surface area contributed by atoms with Crippen molar-refractivity contribution in [3.05, 3.63) is 34.0 Å². The Bertz CT molecular complexity index is 612. The van der Waals surface area contributed by atoms with E-state index in [1.807, 2.05) is 6.92 Å². The highest BCUT2D eigenvalue weighted by molar-refractivity contribution is 5.60. The molecule has 0 atom stereocenters. The van der Waals surface area contributed by atoms with Gasteiger partial charge in [-0.2, -0.15) is 4.98 Å². The van der Waals surface area contributed by atoms with Crippen LogP contribution in [0.5, 0.6) is 0 Å². The third-order valence-electron chi connectivity index (χ3n) is 2.41. The monoisotopic (exact) mass is 278 g/mol. The van der Waals surface area contributed by atoms with Gasteiger partial charge in [-0.3, -0.25) is 10.1 Å². The van der Waals surface area contributed by atoms with Gasteiger partial charge >= 0.3 is 5.69 Å². The van der Waals surface area contributed by atoms with Crippen molar-refractivity contribution in [3.63, 3.8) is 0 Å². The van der Waals surface area contributed by atoms with E-state index >= 15 is 0 Å². The number of nitrogens with zero attached hydrogens (tertiary/aromatic N) is 4. The maximum atomic E-state index is 11.0. The zero-order chi connectivity index (χ0) is 14.5. The topological polar surface area (TPSA) is 119 Å². The molecule has 0 amide bonds. The lowest BCUT2D eigenvalue weighted by Crippen LogP contribution is -2.08. The summed E-state index contributed by atoms with van der Waals surface area (Å²) in [7, 11) is 0. The molecule has 0 aromatic carbocycles. The molecule has 2 N–H and O–H groups in total. The maximum absolute atomic E-state index is 11.0. The van der Waals surface area contributed by atoms with Crippen molar-refractivity contribution in [3.8, 4) is 0 Å². The van der Waals surface area contributed by atoms with E-state index < -0.39 is 4.92 Å². The van der Waals surface area contributed by atoms with E-state index in [4.69, 9.17) is 4.52 Å². The first-order valence-corrected chi connectivity index (χ1v) is 6.02. The summed E-state index contributed by atoms with van der Waals surface area (Å²) in [5, 5.41) is 20.5. The first-order chi connectivity index (χ1) is 9.60. The van der Waals surface area contributed by atoms with Crippen molar-refractivity contribution >= 4 is 17.3 Å². The number of hydrogen-bond acceptors (Lipinski definition) is 8. The summed E-state index contributed by atoms with van der Waals surface area (Å²) >= 11 is 0. The molecule has 0 unspecified atom stereocenters. The third kappa shape index (κ3) is 3.19. The van der Waals surface area contributed by atoms with Crippen molar-refractivity contribution < 1.29 is 9.45 Å². The molecule has 2 heterocycles. The zero-order valence-corrected chi connectivity index (χ0v) is 11.1. The van der Waals surface area contributed by atoms with Crippen molar-refractivity contribution in [1.29, 1.82) is 0 Å². The molecule has 0 saturated heterocycles. The number of pyridine rings is 1. The number of aromatic nitrogens is 3. The summed E-state index contributed by atoms with van der Waals surface area (Å²) in [6.07, 6.45) is 0. The fraction of sp³-hybridized carbons (Fsp3) is 0.364. The second kappa shape index (κ2) is 5.95. The van der Waals surface area contributed by atoms with E-state index in [2.05, 4.69) is 25.8 Å². The Kier molecular flexibility index (Phi) is 4.08. The molecule has 0 aliphatic heterocycles. The Labute approximate surface area is 114 Å². The molecule has 2 aromatic heterocycles. The van der Waals surface area contributed by atoms with E-state index in [9.17, 15) is 10.1 Å². The van der Waals surface area contributed by atoms with E-state index in [1.54, 1.807) is 13.0 Å². The summed E-state index contributed by atoms with van der Waals surface area (Å²) < 4.78 is 4.83. The van der Waals surface area contributed by atoms with Crippen LogP contribution in [0.4, 0.5) is 17.3 Å². The highest BCUT2D eigenvalue weighted by Crippen LogP contribution is 2.24. The van der Waals surface area contributed by atoms with Crippen LogP contribution in [0.25, 0.3) is 0 Å². The van der Waals surface area contributed by atoms with Gasteiger partial charge in [-0.15, -0.1) is 0 Å². The van der Waals surface area contributed by atoms with Crippen LogP contribution >= 0.6 is 0 Å². The highest BCUT2D eigenvalue weighted by Gasteiger charge is 2.16. The smallest absolute Gasteiger partial charge is 0.311 e. The molecular weight excluding hydrogens is 264 g/mol. The minimum atomic E-state index is -0.494. The third-order valence-corrected chi connectivity index (χ3v) is 2.41. The lowest BCUT2D eigenvalue weighted by molar-refractivity contribution is -0.384. The average molecular weight is 278 g/mol. The number of hydrogen-bond donors (Lipinski definition) is 2. The molecule has 9 heteroatoms. The first kappa shape index (κ1) is 13.7. The Balaban J connectivity index is 2.18. The molecule has 0 saturated carbocycles. The van der Waals surface area contributed by atoms with Gasteiger partial charge in [-0.25, -0.2) is 4.98 Å². The van der Waals surface area contributed by atoms with Gasteiger partial charge in [0.15, 0.2) is 5.82 Å². The Hall–Kier alpha value is -2.71.